The Bertz CT molecular complexity index is 602. The number of likely N-dealkylation sites (N-methyl/N-ethyl adjacent to an activating group) is 2. The summed E-state index contributed by atoms with van der Waals surface area (Å²) in [6.07, 6.45) is 7.01. The maximum atomic E-state index is 12.2. The first-order valence-corrected chi connectivity index (χ1v) is 21.4. The van der Waals surface area contributed by atoms with E-state index < -0.39 is 16.1 Å². The largest absolute Gasteiger partial charge is 1.00 e. The van der Waals surface area contributed by atoms with Crippen molar-refractivity contribution in [1.29, 1.82) is 0 Å². The number of rotatable bonds is 23. The van der Waals surface area contributed by atoms with Gasteiger partial charge in [0, 0.05) is 12.8 Å². The fourth-order valence-corrected chi connectivity index (χ4v) is 14.3. The van der Waals surface area contributed by atoms with Crippen LogP contribution in [0.15, 0.2) is 0 Å². The van der Waals surface area contributed by atoms with Crippen molar-refractivity contribution in [3.05, 3.63) is 0 Å². The normalized spacial score (nSPS) is 12.3. The van der Waals surface area contributed by atoms with Gasteiger partial charge in [-0.2, -0.15) is 0 Å². The third kappa shape index (κ3) is 19.1. The molecule has 0 aliphatic carbocycles. The van der Waals surface area contributed by atoms with Crippen molar-refractivity contribution < 1.29 is 76.0 Å². The molecular weight excluding hydrogens is 762 g/mol. The van der Waals surface area contributed by atoms with E-state index in [-0.39, 0.29) is 59.9 Å². The van der Waals surface area contributed by atoms with Crippen molar-refractivity contribution in [2.24, 2.45) is 0 Å². The minimum absolute atomic E-state index is 0. The predicted molar refractivity (Wildman–Crippen MR) is 168 cm³/mol. The maximum Gasteiger partial charge on any atom is 0.305 e. The summed E-state index contributed by atoms with van der Waals surface area (Å²) in [7, 11) is 6.70. The first kappa shape index (κ1) is 45.2. The van der Waals surface area contributed by atoms with Gasteiger partial charge in [0.15, 0.2) is 0 Å². The summed E-state index contributed by atoms with van der Waals surface area (Å²) in [5.74, 6) is -0.173. The van der Waals surface area contributed by atoms with Crippen molar-refractivity contribution in [2.75, 3.05) is 66.8 Å². The van der Waals surface area contributed by atoms with Gasteiger partial charge in [-0.05, 0) is 12.8 Å². The van der Waals surface area contributed by atoms with Crippen molar-refractivity contribution in [1.82, 2.24) is 0 Å². The van der Waals surface area contributed by atoms with E-state index in [1.165, 1.54) is 48.6 Å². The van der Waals surface area contributed by atoms with E-state index in [0.717, 1.165) is 47.7 Å². The Morgan fingerprint density at radius 2 is 0.800 bits per heavy atom. The molecule has 0 N–H and O–H groups in total. The van der Waals surface area contributed by atoms with E-state index in [1.807, 2.05) is 0 Å². The number of halogens is 2. The van der Waals surface area contributed by atoms with Crippen LogP contribution in [0.1, 0.15) is 80.1 Å². The number of ether oxygens (including phenoxy) is 2. The number of esters is 2. The van der Waals surface area contributed by atoms with E-state index in [4.69, 9.17) is 9.47 Å². The first-order chi connectivity index (χ1) is 17.8. The van der Waals surface area contributed by atoms with Gasteiger partial charge in [0.05, 0.1) is 40.5 Å². The van der Waals surface area contributed by atoms with Gasteiger partial charge in [0.2, 0.25) is 0 Å². The fraction of sp³-hybridized carbons (Fsp3) is 0.933. The minimum Gasteiger partial charge on any atom is -1.00 e. The van der Waals surface area contributed by atoms with Gasteiger partial charge in [-0.1, -0.05) is 90.6 Å². The summed E-state index contributed by atoms with van der Waals surface area (Å²) in [5, 5.41) is 0. The van der Waals surface area contributed by atoms with E-state index in [9.17, 15) is 9.59 Å². The Morgan fingerprint density at radius 1 is 0.525 bits per heavy atom. The van der Waals surface area contributed by atoms with Gasteiger partial charge in [0.1, 0.15) is 42.5 Å². The van der Waals surface area contributed by atoms with E-state index in [0.29, 0.717) is 26.1 Å². The number of quaternary nitrogens is 2. The molecule has 40 heavy (non-hydrogen) atoms. The molecule has 6 nitrogen and oxygen atoms in total. The molecule has 0 fully saturated rings. The molecule has 0 unspecified atom stereocenters. The number of nitrogens with zero attached hydrogens (tertiary/aromatic N) is 2. The lowest BCUT2D eigenvalue weighted by Gasteiger charge is -2.39. The van der Waals surface area contributed by atoms with E-state index >= 15 is 0 Å². The molecule has 0 aromatic heterocycles. The molecule has 0 aliphatic rings. The second kappa shape index (κ2) is 23.2. The SMILES string of the molecule is CC[Si](CC)(CC)C[N+](C)(C)CCOC(=O)CCCCCCC(=O)OCC[N+](C)(C)C[Si](CC)(CC)CC.[I-].[I-]. The molecular formula is C30H66I2N2O4Si2. The van der Waals surface area contributed by atoms with Crippen LogP contribution in [0.4, 0.5) is 0 Å². The zero-order valence-electron chi connectivity index (χ0n) is 28.0. The topological polar surface area (TPSA) is 52.6 Å². The smallest absolute Gasteiger partial charge is 0.305 e. The quantitative estimate of drug-likeness (QED) is 0.0501. The van der Waals surface area contributed by atoms with Crippen molar-refractivity contribution >= 4 is 28.1 Å². The number of hydrogen-bond acceptors (Lipinski definition) is 4. The lowest BCUT2D eigenvalue weighted by molar-refractivity contribution is -0.880. The Hall–Kier alpha value is 0.754. The van der Waals surface area contributed by atoms with E-state index in [2.05, 4.69) is 69.7 Å². The number of hydrogen-bond donors (Lipinski definition) is 0. The molecule has 242 valence electrons. The second-order valence-corrected chi connectivity index (χ2v) is 24.0. The minimum atomic E-state index is -1.20. The highest BCUT2D eigenvalue weighted by molar-refractivity contribution is 6.80. The molecule has 0 spiro atoms. The molecule has 0 aromatic carbocycles. The number of carbonyl (C=O) groups is 2. The molecule has 0 aromatic rings. The summed E-state index contributed by atoms with van der Waals surface area (Å²) in [4.78, 5) is 24.3. The first-order valence-electron chi connectivity index (χ1n) is 15.7. The molecule has 0 atom stereocenters. The van der Waals surface area contributed by atoms with Crippen LogP contribution in [0.25, 0.3) is 0 Å². The number of carbonyl (C=O) groups excluding carboxylic acids is 2. The monoisotopic (exact) mass is 828 g/mol. The summed E-state index contributed by atoms with van der Waals surface area (Å²) < 4.78 is 13.0. The van der Waals surface area contributed by atoms with Crippen LogP contribution in [0.5, 0.6) is 0 Å². The molecule has 0 saturated carbocycles. The summed E-state index contributed by atoms with van der Waals surface area (Å²) in [6.45, 7) is 16.9. The average molecular weight is 829 g/mol. The summed E-state index contributed by atoms with van der Waals surface area (Å²) in [5.41, 5.74) is 0. The average Bonchev–Trinajstić information content (AvgIpc) is 2.87. The van der Waals surface area contributed by atoms with Gasteiger partial charge >= 0.3 is 11.9 Å². The Morgan fingerprint density at radius 3 is 1.05 bits per heavy atom. The Kier molecular flexibility index (Phi) is 26.2. The van der Waals surface area contributed by atoms with Crippen molar-refractivity contribution in [3.63, 3.8) is 0 Å². The van der Waals surface area contributed by atoms with Crippen LogP contribution in [0.3, 0.4) is 0 Å². The van der Waals surface area contributed by atoms with Gasteiger partial charge in [0.25, 0.3) is 0 Å². The van der Waals surface area contributed by atoms with Crippen LogP contribution in [-0.4, -0.2) is 104 Å². The van der Waals surface area contributed by atoms with Crippen LogP contribution < -0.4 is 48.0 Å². The molecule has 0 saturated heterocycles. The third-order valence-electron chi connectivity index (χ3n) is 9.46. The van der Waals surface area contributed by atoms with Gasteiger partial charge in [-0.15, -0.1) is 0 Å². The summed E-state index contributed by atoms with van der Waals surface area (Å²) in [6, 6.07) is 7.97. The van der Waals surface area contributed by atoms with Crippen LogP contribution in [-0.2, 0) is 19.1 Å². The number of unbranched alkanes of at least 4 members (excludes halogenated alkanes) is 3. The lowest BCUT2D eigenvalue weighted by Crippen LogP contribution is -3.00. The predicted octanol–water partition coefficient (Wildman–Crippen LogP) is 0.670. The highest BCUT2D eigenvalue weighted by Gasteiger charge is 2.36. The summed E-state index contributed by atoms with van der Waals surface area (Å²) >= 11 is 0. The standard InChI is InChI=1S/C30H66N2O4Si2.2HI/c1-11-37(12-2,13-3)27-31(7,8)23-25-35-29(33)21-19-17-18-20-22-30(34)36-26-24-32(9,10)28-38(14-4,15-5)16-6;;/h11-28H2,1-10H3;2*1H/q+2;;/p-2. The maximum absolute atomic E-state index is 12.2. The van der Waals surface area contributed by atoms with Crippen molar-refractivity contribution in [3.8, 4) is 0 Å². The van der Waals surface area contributed by atoms with Gasteiger partial charge in [-0.3, -0.25) is 9.59 Å². The zero-order chi connectivity index (χ0) is 29.3. The van der Waals surface area contributed by atoms with Gasteiger partial charge in [-0.25, -0.2) is 0 Å². The molecule has 0 radical (unpaired) electrons. The molecule has 10 heteroatoms. The lowest BCUT2D eigenvalue weighted by atomic mass is 10.1. The van der Waals surface area contributed by atoms with Crippen LogP contribution >= 0.6 is 0 Å². The second-order valence-electron chi connectivity index (χ2n) is 13.1. The van der Waals surface area contributed by atoms with Crippen molar-refractivity contribution in [2.45, 2.75) is 116 Å². The highest BCUT2D eigenvalue weighted by atomic mass is 127. The molecule has 0 heterocycles. The molecule has 0 rings (SSSR count). The van der Waals surface area contributed by atoms with Gasteiger partial charge < -0.3 is 66.4 Å². The third-order valence-corrected chi connectivity index (χ3v) is 21.5. The Balaban J connectivity index is -0.00000684. The fourth-order valence-electron chi connectivity index (χ4n) is 5.99. The highest BCUT2D eigenvalue weighted by Crippen LogP contribution is 2.24. The molecule has 0 bridgehead atoms. The molecule has 0 amide bonds. The van der Waals surface area contributed by atoms with Crippen LogP contribution in [0.2, 0.25) is 36.3 Å². The van der Waals surface area contributed by atoms with E-state index in [1.54, 1.807) is 0 Å². The van der Waals surface area contributed by atoms with Crippen LogP contribution in [0, 0.1) is 0 Å². The Labute approximate surface area is 285 Å². The zero-order valence-corrected chi connectivity index (χ0v) is 34.3. The molecule has 0 aliphatic heterocycles.